The summed E-state index contributed by atoms with van der Waals surface area (Å²) in [6.07, 6.45) is 2.51. The SMILES string of the molecule is COC1CCCN(C(CO)C(N)C(C)(C)C)C1. The minimum atomic E-state index is -0.0249. The molecule has 3 N–H and O–H groups in total. The zero-order valence-electron chi connectivity index (χ0n) is 11.6. The van der Waals surface area contributed by atoms with Gasteiger partial charge in [-0.1, -0.05) is 20.8 Å². The molecular weight excluding hydrogens is 216 g/mol. The average Bonchev–Trinajstić information content (AvgIpc) is 2.29. The van der Waals surface area contributed by atoms with Crippen molar-refractivity contribution >= 4 is 0 Å². The molecule has 0 aromatic carbocycles. The van der Waals surface area contributed by atoms with Gasteiger partial charge in [0.15, 0.2) is 0 Å². The number of piperidine rings is 1. The van der Waals surface area contributed by atoms with E-state index >= 15 is 0 Å². The van der Waals surface area contributed by atoms with E-state index in [1.807, 2.05) is 0 Å². The first-order valence-electron chi connectivity index (χ1n) is 6.53. The first-order valence-corrected chi connectivity index (χ1v) is 6.53. The van der Waals surface area contributed by atoms with Crippen molar-refractivity contribution in [1.82, 2.24) is 4.90 Å². The summed E-state index contributed by atoms with van der Waals surface area (Å²) in [6, 6.07) is 0.0102. The zero-order chi connectivity index (χ0) is 13.1. The van der Waals surface area contributed by atoms with Crippen LogP contribution in [-0.4, -0.2) is 55.0 Å². The molecule has 0 aromatic heterocycles. The normalized spacial score (nSPS) is 26.8. The summed E-state index contributed by atoms with van der Waals surface area (Å²) >= 11 is 0. The van der Waals surface area contributed by atoms with Gasteiger partial charge in [-0.3, -0.25) is 4.90 Å². The lowest BCUT2D eigenvalue weighted by atomic mass is 9.82. The van der Waals surface area contributed by atoms with Crippen LogP contribution in [-0.2, 0) is 4.74 Å². The van der Waals surface area contributed by atoms with Crippen LogP contribution in [0.5, 0.6) is 0 Å². The van der Waals surface area contributed by atoms with Gasteiger partial charge in [0, 0.05) is 25.7 Å². The molecule has 1 aliphatic heterocycles. The number of nitrogens with two attached hydrogens (primary N) is 1. The van der Waals surface area contributed by atoms with E-state index in [1.54, 1.807) is 7.11 Å². The Kier molecular flexibility index (Phi) is 5.38. The molecule has 3 atom stereocenters. The molecule has 1 heterocycles. The van der Waals surface area contributed by atoms with Gasteiger partial charge in [0.05, 0.1) is 12.7 Å². The van der Waals surface area contributed by atoms with Gasteiger partial charge >= 0.3 is 0 Å². The predicted octanol–water partition coefficient (Wildman–Crippen LogP) is 0.832. The van der Waals surface area contributed by atoms with E-state index in [4.69, 9.17) is 10.5 Å². The Balaban J connectivity index is 2.66. The van der Waals surface area contributed by atoms with Crippen LogP contribution in [0.15, 0.2) is 0 Å². The van der Waals surface area contributed by atoms with Crippen molar-refractivity contribution in [3.8, 4) is 0 Å². The quantitative estimate of drug-likeness (QED) is 0.769. The van der Waals surface area contributed by atoms with E-state index in [-0.39, 0.29) is 30.2 Å². The zero-order valence-corrected chi connectivity index (χ0v) is 11.6. The molecule has 1 fully saturated rings. The first kappa shape index (κ1) is 14.9. The number of aliphatic hydroxyl groups is 1. The van der Waals surface area contributed by atoms with E-state index < -0.39 is 0 Å². The summed E-state index contributed by atoms with van der Waals surface area (Å²) in [7, 11) is 1.76. The van der Waals surface area contributed by atoms with Gasteiger partial charge in [-0.25, -0.2) is 0 Å². The highest BCUT2D eigenvalue weighted by molar-refractivity contribution is 4.91. The minimum absolute atomic E-state index is 0.00735. The molecule has 4 nitrogen and oxygen atoms in total. The van der Waals surface area contributed by atoms with Gasteiger partial charge in [0.1, 0.15) is 0 Å². The maximum absolute atomic E-state index is 9.61. The average molecular weight is 244 g/mol. The van der Waals surface area contributed by atoms with Gasteiger partial charge in [-0.2, -0.15) is 0 Å². The highest BCUT2D eigenvalue weighted by Crippen LogP contribution is 2.25. The van der Waals surface area contributed by atoms with Crippen LogP contribution in [0.3, 0.4) is 0 Å². The summed E-state index contributed by atoms with van der Waals surface area (Å²) < 4.78 is 5.42. The van der Waals surface area contributed by atoms with Gasteiger partial charge in [-0.15, -0.1) is 0 Å². The van der Waals surface area contributed by atoms with Crippen molar-refractivity contribution in [2.45, 2.75) is 51.8 Å². The second-order valence-electron chi connectivity index (χ2n) is 6.14. The summed E-state index contributed by atoms with van der Waals surface area (Å²) in [5.41, 5.74) is 6.29. The Bertz CT molecular complexity index is 228. The number of nitrogens with zero attached hydrogens (tertiary/aromatic N) is 1. The number of likely N-dealkylation sites (tertiary alicyclic amines) is 1. The maximum Gasteiger partial charge on any atom is 0.0698 e. The molecule has 0 aliphatic carbocycles. The van der Waals surface area contributed by atoms with Crippen LogP contribution in [0.25, 0.3) is 0 Å². The molecule has 0 spiro atoms. The van der Waals surface area contributed by atoms with Crippen LogP contribution in [0.2, 0.25) is 0 Å². The molecule has 0 radical (unpaired) electrons. The maximum atomic E-state index is 9.61. The smallest absolute Gasteiger partial charge is 0.0698 e. The molecule has 0 bridgehead atoms. The van der Waals surface area contributed by atoms with Crippen molar-refractivity contribution in [3.63, 3.8) is 0 Å². The molecule has 4 heteroatoms. The molecule has 0 amide bonds. The lowest BCUT2D eigenvalue weighted by Gasteiger charge is -2.43. The first-order chi connectivity index (χ1) is 7.90. The fourth-order valence-electron chi connectivity index (χ4n) is 2.49. The van der Waals surface area contributed by atoms with Crippen LogP contribution in [0.1, 0.15) is 33.6 Å². The largest absolute Gasteiger partial charge is 0.395 e. The third-order valence-corrected chi connectivity index (χ3v) is 3.81. The van der Waals surface area contributed by atoms with Crippen molar-refractivity contribution in [2.75, 3.05) is 26.8 Å². The number of hydrogen-bond donors (Lipinski definition) is 2. The second-order valence-corrected chi connectivity index (χ2v) is 6.14. The monoisotopic (exact) mass is 244 g/mol. The number of ether oxygens (including phenoxy) is 1. The molecule has 1 rings (SSSR count). The predicted molar refractivity (Wildman–Crippen MR) is 69.9 cm³/mol. The van der Waals surface area contributed by atoms with Crippen molar-refractivity contribution in [2.24, 2.45) is 11.1 Å². The van der Waals surface area contributed by atoms with Crippen LogP contribution in [0, 0.1) is 5.41 Å². The van der Waals surface area contributed by atoms with E-state index in [2.05, 4.69) is 25.7 Å². The van der Waals surface area contributed by atoms with Gasteiger partial charge in [0.25, 0.3) is 0 Å². The van der Waals surface area contributed by atoms with E-state index in [9.17, 15) is 5.11 Å². The molecule has 102 valence electrons. The number of methoxy groups -OCH3 is 1. The fraction of sp³-hybridized carbons (Fsp3) is 1.00. The molecule has 3 unspecified atom stereocenters. The molecule has 1 saturated heterocycles. The van der Waals surface area contributed by atoms with Gasteiger partial charge in [-0.05, 0) is 24.8 Å². The fourth-order valence-corrected chi connectivity index (χ4v) is 2.49. The van der Waals surface area contributed by atoms with Crippen molar-refractivity contribution in [3.05, 3.63) is 0 Å². The Hall–Kier alpha value is -0.160. The third-order valence-electron chi connectivity index (χ3n) is 3.81. The van der Waals surface area contributed by atoms with Crippen molar-refractivity contribution < 1.29 is 9.84 Å². The van der Waals surface area contributed by atoms with Crippen LogP contribution in [0.4, 0.5) is 0 Å². The van der Waals surface area contributed by atoms with E-state index in [1.165, 1.54) is 0 Å². The number of aliphatic hydroxyl groups excluding tert-OH is 1. The van der Waals surface area contributed by atoms with Gasteiger partial charge in [0.2, 0.25) is 0 Å². The third kappa shape index (κ3) is 3.91. The minimum Gasteiger partial charge on any atom is -0.395 e. The second kappa shape index (κ2) is 6.14. The number of hydrogen-bond acceptors (Lipinski definition) is 4. The van der Waals surface area contributed by atoms with Crippen LogP contribution < -0.4 is 5.73 Å². The summed E-state index contributed by atoms with van der Waals surface area (Å²) in [5.74, 6) is 0. The molecule has 0 saturated carbocycles. The van der Waals surface area contributed by atoms with E-state index in [0.717, 1.165) is 25.9 Å². The Morgan fingerprint density at radius 1 is 1.47 bits per heavy atom. The Morgan fingerprint density at radius 3 is 2.59 bits per heavy atom. The highest BCUT2D eigenvalue weighted by atomic mass is 16.5. The molecule has 1 aliphatic rings. The van der Waals surface area contributed by atoms with E-state index in [0.29, 0.717) is 0 Å². The lowest BCUT2D eigenvalue weighted by molar-refractivity contribution is -0.0125. The summed E-state index contributed by atoms with van der Waals surface area (Å²) in [5, 5.41) is 9.61. The van der Waals surface area contributed by atoms with Gasteiger partial charge < -0.3 is 15.6 Å². The lowest BCUT2D eigenvalue weighted by Crippen LogP contribution is -2.58. The Morgan fingerprint density at radius 2 is 2.12 bits per heavy atom. The standard InChI is InChI=1S/C13H28N2O2/c1-13(2,3)12(14)11(9-16)15-7-5-6-10(8-15)17-4/h10-12,16H,5-9,14H2,1-4H3. The molecule has 17 heavy (non-hydrogen) atoms. The van der Waals surface area contributed by atoms with Crippen molar-refractivity contribution in [1.29, 1.82) is 0 Å². The molecule has 0 aromatic rings. The topological polar surface area (TPSA) is 58.7 Å². The van der Waals surface area contributed by atoms with Crippen LogP contribution >= 0.6 is 0 Å². The highest BCUT2D eigenvalue weighted by Gasteiger charge is 2.34. The molecular formula is C13H28N2O2. The summed E-state index contributed by atoms with van der Waals surface area (Å²) in [4.78, 5) is 2.29. The number of rotatable bonds is 4. The Labute approximate surface area is 105 Å². The summed E-state index contributed by atoms with van der Waals surface area (Å²) in [6.45, 7) is 8.38.